The highest BCUT2D eigenvalue weighted by Crippen LogP contribution is 2.25. The largest absolute Gasteiger partial charge is 0.392 e. The number of hydrogen-bond acceptors (Lipinski definition) is 3. The number of aliphatic hydroxyl groups is 1. The summed E-state index contributed by atoms with van der Waals surface area (Å²) in [4.78, 5) is 3.67. The molecule has 0 fully saturated rings. The van der Waals surface area contributed by atoms with Gasteiger partial charge in [0.15, 0.2) is 0 Å². The summed E-state index contributed by atoms with van der Waals surface area (Å²) in [7, 11) is 0. The van der Waals surface area contributed by atoms with Crippen molar-refractivity contribution in [1.29, 1.82) is 0 Å². The molecule has 2 nitrogen and oxygen atoms in total. The lowest BCUT2D eigenvalue weighted by molar-refractivity contribution is 0.281. The smallest absolute Gasteiger partial charge is 0.0692 e. The minimum Gasteiger partial charge on any atom is -0.392 e. The quantitative estimate of drug-likeness (QED) is 0.780. The van der Waals surface area contributed by atoms with Crippen LogP contribution in [0.2, 0.25) is 0 Å². The Labute approximate surface area is 117 Å². The van der Waals surface area contributed by atoms with Crippen LogP contribution in [0.5, 0.6) is 0 Å². The third-order valence-corrected chi connectivity index (χ3v) is 4.48. The highest BCUT2D eigenvalue weighted by Gasteiger charge is 2.02. The predicted octanol–water partition coefficient (Wildman–Crippen LogP) is 3.38. The van der Waals surface area contributed by atoms with Gasteiger partial charge in [0.2, 0.25) is 0 Å². The molecule has 0 bridgehead atoms. The van der Waals surface area contributed by atoms with Crippen LogP contribution < -0.4 is 0 Å². The van der Waals surface area contributed by atoms with E-state index >= 15 is 0 Å². The molecular weight excluding hydrogens is 298 g/mol. The molecule has 0 unspecified atom stereocenters. The van der Waals surface area contributed by atoms with Crippen molar-refractivity contribution in [2.45, 2.75) is 25.3 Å². The molecule has 0 saturated heterocycles. The van der Waals surface area contributed by atoms with Gasteiger partial charge < -0.3 is 10.0 Å². The van der Waals surface area contributed by atoms with Gasteiger partial charge >= 0.3 is 0 Å². The summed E-state index contributed by atoms with van der Waals surface area (Å²) in [5.74, 6) is 1.10. The lowest BCUT2D eigenvalue weighted by Crippen LogP contribution is -2.25. The van der Waals surface area contributed by atoms with Crippen molar-refractivity contribution in [2.75, 3.05) is 25.4 Å². The third-order valence-electron chi connectivity index (χ3n) is 2.77. The molecule has 0 spiro atoms. The Balaban J connectivity index is 2.44. The number of benzene rings is 1. The van der Waals surface area contributed by atoms with E-state index in [0.717, 1.165) is 35.4 Å². The van der Waals surface area contributed by atoms with Crippen molar-refractivity contribution in [3.05, 3.63) is 28.2 Å². The van der Waals surface area contributed by atoms with Gasteiger partial charge in [0.05, 0.1) is 6.61 Å². The van der Waals surface area contributed by atoms with E-state index in [9.17, 15) is 0 Å². The fourth-order valence-corrected chi connectivity index (χ4v) is 3.18. The average molecular weight is 318 g/mol. The molecule has 0 aliphatic rings. The van der Waals surface area contributed by atoms with Crippen LogP contribution in [0.4, 0.5) is 0 Å². The van der Waals surface area contributed by atoms with E-state index in [-0.39, 0.29) is 6.61 Å². The second kappa shape index (κ2) is 8.14. The molecular formula is C13H20BrNOS. The molecule has 0 atom stereocenters. The van der Waals surface area contributed by atoms with Crippen LogP contribution in [-0.2, 0) is 6.61 Å². The number of rotatable bonds is 7. The second-order valence-corrected chi connectivity index (χ2v) is 5.81. The van der Waals surface area contributed by atoms with Gasteiger partial charge in [-0.3, -0.25) is 0 Å². The lowest BCUT2D eigenvalue weighted by atomic mass is 10.2. The van der Waals surface area contributed by atoms with Gasteiger partial charge in [0.25, 0.3) is 0 Å². The first kappa shape index (κ1) is 15.0. The molecule has 0 aliphatic heterocycles. The number of hydrogen-bond donors (Lipinski definition) is 1. The number of nitrogens with zero attached hydrogens (tertiary/aromatic N) is 1. The Morgan fingerprint density at radius 2 is 2.00 bits per heavy atom. The van der Waals surface area contributed by atoms with Crippen molar-refractivity contribution in [3.63, 3.8) is 0 Å². The summed E-state index contributed by atoms with van der Waals surface area (Å²) in [6.07, 6.45) is 0. The van der Waals surface area contributed by atoms with Crippen molar-refractivity contribution in [2.24, 2.45) is 0 Å². The third kappa shape index (κ3) is 5.00. The minimum atomic E-state index is 0.0883. The lowest BCUT2D eigenvalue weighted by Gasteiger charge is -2.17. The fourth-order valence-electron chi connectivity index (χ4n) is 1.58. The maximum Gasteiger partial charge on any atom is 0.0692 e. The number of halogens is 1. The normalized spacial score (nSPS) is 11.1. The first-order valence-corrected chi connectivity index (χ1v) is 7.73. The summed E-state index contributed by atoms with van der Waals surface area (Å²) in [5.41, 5.74) is 0.943. The van der Waals surface area contributed by atoms with Crippen LogP contribution in [0.3, 0.4) is 0 Å². The molecule has 1 aromatic carbocycles. The summed E-state index contributed by atoms with van der Waals surface area (Å²) in [6, 6.07) is 6.13. The predicted molar refractivity (Wildman–Crippen MR) is 78.6 cm³/mol. The van der Waals surface area contributed by atoms with Crippen molar-refractivity contribution >= 4 is 27.7 Å². The zero-order valence-corrected chi connectivity index (χ0v) is 12.9. The van der Waals surface area contributed by atoms with E-state index in [0.29, 0.717) is 0 Å². The van der Waals surface area contributed by atoms with Gasteiger partial charge in [-0.15, -0.1) is 11.8 Å². The Hall–Kier alpha value is -0.0300. The minimum absolute atomic E-state index is 0.0883. The first-order valence-electron chi connectivity index (χ1n) is 5.95. The average Bonchev–Trinajstić information content (AvgIpc) is 2.35. The SMILES string of the molecule is CCN(CC)CCSc1ccc(CO)c(Br)c1. The maximum atomic E-state index is 9.08. The van der Waals surface area contributed by atoms with Gasteiger partial charge in [0.1, 0.15) is 0 Å². The molecule has 0 amide bonds. The Kier molecular flexibility index (Phi) is 7.19. The van der Waals surface area contributed by atoms with E-state index in [4.69, 9.17) is 5.11 Å². The summed E-state index contributed by atoms with van der Waals surface area (Å²) in [5, 5.41) is 9.08. The van der Waals surface area contributed by atoms with Gasteiger partial charge in [-0.25, -0.2) is 0 Å². The Bertz CT molecular complexity index is 342. The zero-order valence-electron chi connectivity index (χ0n) is 10.4. The molecule has 4 heteroatoms. The molecule has 0 aliphatic carbocycles. The second-order valence-electron chi connectivity index (χ2n) is 3.79. The van der Waals surface area contributed by atoms with Crippen LogP contribution in [-0.4, -0.2) is 35.4 Å². The van der Waals surface area contributed by atoms with Crippen molar-refractivity contribution < 1.29 is 5.11 Å². The van der Waals surface area contributed by atoms with E-state index in [2.05, 4.69) is 46.8 Å². The summed E-state index contributed by atoms with van der Waals surface area (Å²) in [6.45, 7) is 7.83. The monoisotopic (exact) mass is 317 g/mol. The van der Waals surface area contributed by atoms with Crippen LogP contribution in [0, 0.1) is 0 Å². The van der Waals surface area contributed by atoms with E-state index in [1.54, 1.807) is 0 Å². The standard InChI is InChI=1S/C13H20BrNOS/c1-3-15(4-2)7-8-17-12-6-5-11(10-16)13(14)9-12/h5-6,9,16H,3-4,7-8,10H2,1-2H3. The Morgan fingerprint density at radius 1 is 1.29 bits per heavy atom. The van der Waals surface area contributed by atoms with Gasteiger partial charge in [-0.2, -0.15) is 0 Å². The van der Waals surface area contributed by atoms with Gasteiger partial charge in [-0.1, -0.05) is 35.8 Å². The van der Waals surface area contributed by atoms with Crippen molar-refractivity contribution in [1.82, 2.24) is 4.90 Å². The van der Waals surface area contributed by atoms with Crippen molar-refractivity contribution in [3.8, 4) is 0 Å². The molecule has 96 valence electrons. The zero-order chi connectivity index (χ0) is 12.7. The van der Waals surface area contributed by atoms with Crippen LogP contribution in [0.1, 0.15) is 19.4 Å². The number of thioether (sulfide) groups is 1. The first-order chi connectivity index (χ1) is 8.21. The Morgan fingerprint density at radius 3 is 2.53 bits per heavy atom. The maximum absolute atomic E-state index is 9.08. The van der Waals surface area contributed by atoms with Crippen LogP contribution in [0.15, 0.2) is 27.6 Å². The van der Waals surface area contributed by atoms with Crippen LogP contribution in [0.25, 0.3) is 0 Å². The summed E-state index contributed by atoms with van der Waals surface area (Å²) < 4.78 is 0.993. The number of aliphatic hydroxyl groups excluding tert-OH is 1. The molecule has 0 radical (unpaired) electrons. The molecule has 1 N–H and O–H groups in total. The molecule has 0 saturated carbocycles. The topological polar surface area (TPSA) is 23.5 Å². The van der Waals surface area contributed by atoms with Gasteiger partial charge in [0, 0.05) is 21.7 Å². The summed E-state index contributed by atoms with van der Waals surface area (Å²) >= 11 is 5.33. The molecule has 0 aromatic heterocycles. The molecule has 1 rings (SSSR count). The van der Waals surface area contributed by atoms with Gasteiger partial charge in [-0.05, 0) is 30.8 Å². The molecule has 17 heavy (non-hydrogen) atoms. The van der Waals surface area contributed by atoms with E-state index in [1.165, 1.54) is 4.90 Å². The molecule has 0 heterocycles. The highest BCUT2D eigenvalue weighted by molar-refractivity contribution is 9.10. The fraction of sp³-hybridized carbons (Fsp3) is 0.538. The van der Waals surface area contributed by atoms with Crippen LogP contribution >= 0.6 is 27.7 Å². The van der Waals surface area contributed by atoms with E-state index < -0.39 is 0 Å². The highest BCUT2D eigenvalue weighted by atomic mass is 79.9. The molecule has 1 aromatic rings. The van der Waals surface area contributed by atoms with E-state index in [1.807, 2.05) is 17.8 Å².